The largest absolute Gasteiger partial charge is 0.490 e. The molecule has 210 valence electrons. The second kappa shape index (κ2) is 14.1. The van der Waals surface area contributed by atoms with Gasteiger partial charge >= 0.3 is 0 Å². The molecule has 1 saturated carbocycles. The molecule has 0 spiro atoms. The van der Waals surface area contributed by atoms with Gasteiger partial charge in [0.15, 0.2) is 5.75 Å². The van der Waals surface area contributed by atoms with Crippen LogP contribution < -0.4 is 15.2 Å². The van der Waals surface area contributed by atoms with Crippen LogP contribution in [0.1, 0.15) is 35.1 Å². The Morgan fingerprint density at radius 1 is 1.00 bits per heavy atom. The molecule has 40 heavy (non-hydrogen) atoms. The Morgan fingerprint density at radius 2 is 1.65 bits per heavy atom. The van der Waals surface area contributed by atoms with E-state index in [1.54, 1.807) is 18.2 Å². The summed E-state index contributed by atoms with van der Waals surface area (Å²) in [6.45, 7) is 3.17. The van der Waals surface area contributed by atoms with Crippen LogP contribution in [0.15, 0.2) is 54.6 Å². The standard InChI is InChI=1S/C31H32Cl3N3O3/c1-20-14-28(33)30(29(34)15-20)40-13-12-39-26-7-2-21(3-8-26)16-23(18-36)31(38)37(25-5-6-25)19-24-17-22(10-11-35)4-9-27(24)32/h2-4,7-9,14-15,17,23,25H,5-6,10,12-13,16,18-19,36H2,1H3. The fourth-order valence-corrected chi connectivity index (χ4v) is 5.43. The maximum Gasteiger partial charge on any atom is 0.227 e. The highest BCUT2D eigenvalue weighted by Crippen LogP contribution is 2.34. The van der Waals surface area contributed by atoms with Gasteiger partial charge in [-0.15, -0.1) is 0 Å². The molecular weight excluding hydrogens is 569 g/mol. The molecule has 3 aromatic carbocycles. The number of amides is 1. The zero-order valence-electron chi connectivity index (χ0n) is 22.3. The van der Waals surface area contributed by atoms with Crippen molar-refractivity contribution in [3.8, 4) is 17.6 Å². The molecule has 0 bridgehead atoms. The molecule has 4 rings (SSSR count). The zero-order valence-corrected chi connectivity index (χ0v) is 24.6. The molecule has 0 heterocycles. The van der Waals surface area contributed by atoms with Crippen molar-refractivity contribution in [2.45, 2.75) is 45.2 Å². The minimum atomic E-state index is -0.356. The van der Waals surface area contributed by atoms with Gasteiger partial charge in [0.25, 0.3) is 0 Å². The first-order valence-corrected chi connectivity index (χ1v) is 14.4. The quantitative estimate of drug-likeness (QED) is 0.218. The number of nitrogens with zero attached hydrogens (tertiary/aromatic N) is 2. The predicted octanol–water partition coefficient (Wildman–Crippen LogP) is 6.79. The summed E-state index contributed by atoms with van der Waals surface area (Å²) in [5.74, 6) is 0.807. The predicted molar refractivity (Wildman–Crippen MR) is 159 cm³/mol. The lowest BCUT2D eigenvalue weighted by molar-refractivity contribution is -0.136. The van der Waals surface area contributed by atoms with Crippen molar-refractivity contribution in [2.75, 3.05) is 19.8 Å². The molecule has 0 radical (unpaired) electrons. The molecule has 3 aromatic rings. The Bertz CT molecular complexity index is 1350. The SMILES string of the molecule is Cc1cc(Cl)c(OCCOc2ccc(CC(CN)C(=O)N(Cc3cc(CC#N)ccc3Cl)C3CC3)cc2)c(Cl)c1. The second-order valence-electron chi connectivity index (χ2n) is 9.99. The van der Waals surface area contributed by atoms with E-state index in [1.807, 2.05) is 48.2 Å². The van der Waals surface area contributed by atoms with Gasteiger partial charge in [-0.3, -0.25) is 4.79 Å². The van der Waals surface area contributed by atoms with E-state index in [-0.39, 0.29) is 31.0 Å². The number of hydrogen-bond acceptors (Lipinski definition) is 5. The number of carbonyl (C=O) groups excluding carboxylic acids is 1. The Balaban J connectivity index is 1.33. The first-order chi connectivity index (χ1) is 19.3. The Morgan fingerprint density at radius 3 is 2.27 bits per heavy atom. The van der Waals surface area contributed by atoms with Crippen molar-refractivity contribution in [1.82, 2.24) is 4.90 Å². The van der Waals surface area contributed by atoms with Gasteiger partial charge < -0.3 is 20.1 Å². The normalized spacial score (nSPS) is 13.4. The fourth-order valence-electron chi connectivity index (χ4n) is 4.55. The van der Waals surface area contributed by atoms with E-state index >= 15 is 0 Å². The number of halogens is 3. The van der Waals surface area contributed by atoms with E-state index in [1.165, 1.54) is 0 Å². The second-order valence-corrected chi connectivity index (χ2v) is 11.2. The molecule has 6 nitrogen and oxygen atoms in total. The molecule has 9 heteroatoms. The summed E-state index contributed by atoms with van der Waals surface area (Å²) in [6, 6.07) is 19.2. The summed E-state index contributed by atoms with van der Waals surface area (Å²) in [5.41, 5.74) is 9.78. The van der Waals surface area contributed by atoms with Gasteiger partial charge in [-0.2, -0.15) is 5.26 Å². The summed E-state index contributed by atoms with van der Waals surface area (Å²) >= 11 is 18.9. The summed E-state index contributed by atoms with van der Waals surface area (Å²) in [7, 11) is 0. The minimum absolute atomic E-state index is 0.0256. The maximum atomic E-state index is 13.6. The molecule has 0 saturated heterocycles. The van der Waals surface area contributed by atoms with E-state index in [0.29, 0.717) is 52.6 Å². The van der Waals surface area contributed by atoms with Gasteiger partial charge in [0.05, 0.1) is 28.5 Å². The number of benzene rings is 3. The monoisotopic (exact) mass is 599 g/mol. The zero-order chi connectivity index (χ0) is 28.6. The van der Waals surface area contributed by atoms with E-state index in [9.17, 15) is 4.79 Å². The molecule has 2 N–H and O–H groups in total. The molecule has 0 aliphatic heterocycles. The topological polar surface area (TPSA) is 88.6 Å². The van der Waals surface area contributed by atoms with Crippen molar-refractivity contribution in [2.24, 2.45) is 11.7 Å². The number of nitrogens with two attached hydrogens (primary N) is 1. The van der Waals surface area contributed by atoms with Gasteiger partial charge in [0.2, 0.25) is 5.91 Å². The van der Waals surface area contributed by atoms with Crippen LogP contribution in [0.2, 0.25) is 15.1 Å². The maximum absolute atomic E-state index is 13.6. The number of ether oxygens (including phenoxy) is 2. The van der Waals surface area contributed by atoms with Crippen LogP contribution in [-0.2, 0) is 24.2 Å². The van der Waals surface area contributed by atoms with Crippen LogP contribution >= 0.6 is 34.8 Å². The van der Waals surface area contributed by atoms with Crippen molar-refractivity contribution in [3.63, 3.8) is 0 Å². The van der Waals surface area contributed by atoms with Crippen molar-refractivity contribution in [1.29, 1.82) is 5.26 Å². The van der Waals surface area contributed by atoms with Gasteiger partial charge in [-0.05, 0) is 78.8 Å². The van der Waals surface area contributed by atoms with Crippen LogP contribution in [0.3, 0.4) is 0 Å². The van der Waals surface area contributed by atoms with Gasteiger partial charge in [0.1, 0.15) is 19.0 Å². The molecule has 1 aliphatic rings. The van der Waals surface area contributed by atoms with Crippen LogP contribution in [0, 0.1) is 24.2 Å². The average molecular weight is 601 g/mol. The molecule has 1 atom stereocenters. The van der Waals surface area contributed by atoms with E-state index < -0.39 is 0 Å². The van der Waals surface area contributed by atoms with Crippen molar-refractivity contribution < 1.29 is 14.3 Å². The van der Waals surface area contributed by atoms with Crippen LogP contribution in [-0.4, -0.2) is 36.6 Å². The first-order valence-electron chi connectivity index (χ1n) is 13.2. The summed E-state index contributed by atoms with van der Waals surface area (Å²) in [6.07, 6.45) is 2.76. The molecule has 1 amide bonds. The highest BCUT2D eigenvalue weighted by molar-refractivity contribution is 6.37. The third-order valence-electron chi connectivity index (χ3n) is 6.79. The van der Waals surface area contributed by atoms with Crippen molar-refractivity contribution in [3.05, 3.63) is 91.9 Å². The molecule has 0 aromatic heterocycles. The van der Waals surface area contributed by atoms with Gasteiger partial charge in [-0.1, -0.05) is 59.1 Å². The number of hydrogen-bond donors (Lipinski definition) is 1. The Labute approximate surface area is 250 Å². The fraction of sp³-hybridized carbons (Fsp3) is 0.355. The molecule has 1 unspecified atom stereocenters. The summed E-state index contributed by atoms with van der Waals surface area (Å²) < 4.78 is 11.5. The third-order valence-corrected chi connectivity index (χ3v) is 7.72. The highest BCUT2D eigenvalue weighted by Gasteiger charge is 2.35. The third kappa shape index (κ3) is 8.05. The highest BCUT2D eigenvalue weighted by atomic mass is 35.5. The lowest BCUT2D eigenvalue weighted by Gasteiger charge is -2.28. The van der Waals surface area contributed by atoms with E-state index in [4.69, 9.17) is 55.3 Å². The number of nitriles is 1. The van der Waals surface area contributed by atoms with E-state index in [2.05, 4.69) is 6.07 Å². The number of aryl methyl sites for hydroxylation is 1. The van der Waals surface area contributed by atoms with Gasteiger partial charge in [0, 0.05) is 24.2 Å². The van der Waals surface area contributed by atoms with Crippen LogP contribution in [0.25, 0.3) is 0 Å². The van der Waals surface area contributed by atoms with E-state index in [0.717, 1.165) is 35.1 Å². The average Bonchev–Trinajstić information content (AvgIpc) is 3.77. The minimum Gasteiger partial charge on any atom is -0.490 e. The van der Waals surface area contributed by atoms with Crippen LogP contribution in [0.4, 0.5) is 0 Å². The van der Waals surface area contributed by atoms with Crippen molar-refractivity contribution >= 4 is 40.7 Å². The first kappa shape index (κ1) is 30.0. The molecule has 1 aliphatic carbocycles. The Kier molecular flexibility index (Phi) is 10.6. The molecule has 1 fully saturated rings. The summed E-state index contributed by atoms with van der Waals surface area (Å²) in [4.78, 5) is 15.5. The molecular formula is C31H32Cl3N3O3. The lowest BCUT2D eigenvalue weighted by Crippen LogP contribution is -2.41. The van der Waals surface area contributed by atoms with Gasteiger partial charge in [-0.25, -0.2) is 0 Å². The lowest BCUT2D eigenvalue weighted by atomic mass is 9.97. The number of rotatable bonds is 13. The van der Waals surface area contributed by atoms with Crippen LogP contribution in [0.5, 0.6) is 11.5 Å². The summed E-state index contributed by atoms with van der Waals surface area (Å²) in [5, 5.41) is 10.6. The smallest absolute Gasteiger partial charge is 0.227 e. The number of carbonyl (C=O) groups is 1. The Hall–Kier alpha value is -2.95.